The zero-order valence-electron chi connectivity index (χ0n) is 16.1. The molecule has 6 nitrogen and oxygen atoms in total. The average molecular weight is 441 g/mol. The molecule has 0 radical (unpaired) electrons. The number of carbonyl (C=O) groups excluding carboxylic acids is 2. The van der Waals surface area contributed by atoms with Crippen molar-refractivity contribution in [1.82, 2.24) is 20.0 Å². The fourth-order valence-electron chi connectivity index (χ4n) is 3.86. The summed E-state index contributed by atoms with van der Waals surface area (Å²) in [5.41, 5.74) is 0. The van der Waals surface area contributed by atoms with Crippen LogP contribution in [0.2, 0.25) is 0 Å². The highest BCUT2D eigenvalue weighted by atomic mass is 35.5. The molecule has 3 aliphatic heterocycles. The van der Waals surface area contributed by atoms with Gasteiger partial charge in [-0.15, -0.1) is 24.8 Å². The van der Waals surface area contributed by atoms with Gasteiger partial charge in [-0.3, -0.25) is 14.5 Å². The van der Waals surface area contributed by atoms with E-state index in [9.17, 15) is 9.59 Å². The quantitative estimate of drug-likeness (QED) is 0.716. The molecule has 1 unspecified atom stereocenters. The summed E-state index contributed by atoms with van der Waals surface area (Å²) in [5, 5.41) is 3.44. The summed E-state index contributed by atoms with van der Waals surface area (Å²) in [4.78, 5) is 31.2. The number of hydrogen-bond acceptors (Lipinski definition) is 5. The number of nitrogens with one attached hydrogen (secondary N) is 1. The Morgan fingerprint density at radius 3 is 2.07 bits per heavy atom. The number of halogens is 2. The summed E-state index contributed by atoms with van der Waals surface area (Å²) < 4.78 is 0. The van der Waals surface area contributed by atoms with Gasteiger partial charge in [-0.05, 0) is 12.8 Å². The van der Waals surface area contributed by atoms with Crippen molar-refractivity contribution >= 4 is 48.4 Å². The van der Waals surface area contributed by atoms with Crippen LogP contribution in [0.25, 0.3) is 0 Å². The highest BCUT2D eigenvalue weighted by Gasteiger charge is 2.26. The minimum atomic E-state index is 0. The molecule has 3 rings (SSSR count). The van der Waals surface area contributed by atoms with Crippen molar-refractivity contribution in [2.45, 2.75) is 38.1 Å². The van der Waals surface area contributed by atoms with E-state index >= 15 is 0 Å². The molecule has 0 bridgehead atoms. The molecule has 0 spiro atoms. The van der Waals surface area contributed by atoms with Gasteiger partial charge < -0.3 is 15.1 Å². The van der Waals surface area contributed by atoms with Crippen LogP contribution < -0.4 is 5.32 Å². The summed E-state index contributed by atoms with van der Waals surface area (Å²) in [6, 6.07) is 0.328. The normalized spacial score (nSPS) is 24.4. The Labute approximate surface area is 180 Å². The summed E-state index contributed by atoms with van der Waals surface area (Å²) >= 11 is 1.93. The first kappa shape index (κ1) is 24.8. The zero-order chi connectivity index (χ0) is 17.5. The second-order valence-corrected chi connectivity index (χ2v) is 8.53. The number of carbonyl (C=O) groups is 2. The Morgan fingerprint density at radius 2 is 1.48 bits per heavy atom. The lowest BCUT2D eigenvalue weighted by Crippen LogP contribution is -2.52. The fraction of sp³-hybridized carbons (Fsp3) is 0.889. The Hall–Kier alpha value is -0.210. The third-order valence-electron chi connectivity index (χ3n) is 5.46. The van der Waals surface area contributed by atoms with Gasteiger partial charge in [0.05, 0.1) is 6.54 Å². The number of hydrogen-bond donors (Lipinski definition) is 1. The first-order valence-corrected chi connectivity index (χ1v) is 11.0. The lowest BCUT2D eigenvalue weighted by Gasteiger charge is -2.36. The lowest BCUT2D eigenvalue weighted by molar-refractivity contribution is -0.135. The molecule has 1 atom stereocenters. The summed E-state index contributed by atoms with van der Waals surface area (Å²) in [5.74, 6) is 2.72. The van der Waals surface area contributed by atoms with Crippen molar-refractivity contribution < 1.29 is 9.59 Å². The Bertz CT molecular complexity index is 451. The van der Waals surface area contributed by atoms with Crippen LogP contribution in [0, 0.1) is 0 Å². The van der Waals surface area contributed by atoms with E-state index in [2.05, 4.69) is 10.2 Å². The van der Waals surface area contributed by atoms with Gasteiger partial charge in [0.25, 0.3) is 0 Å². The predicted molar refractivity (Wildman–Crippen MR) is 116 cm³/mol. The molecule has 9 heteroatoms. The van der Waals surface area contributed by atoms with Crippen LogP contribution >= 0.6 is 36.6 Å². The average Bonchev–Trinajstić information content (AvgIpc) is 2.92. The maximum absolute atomic E-state index is 12.5. The van der Waals surface area contributed by atoms with Crippen molar-refractivity contribution in [1.29, 1.82) is 0 Å². The van der Waals surface area contributed by atoms with E-state index in [0.29, 0.717) is 19.0 Å². The van der Waals surface area contributed by atoms with Crippen LogP contribution in [-0.2, 0) is 9.59 Å². The monoisotopic (exact) mass is 440 g/mol. The number of thioether (sulfide) groups is 1. The van der Waals surface area contributed by atoms with Crippen molar-refractivity contribution in [3.05, 3.63) is 0 Å². The van der Waals surface area contributed by atoms with E-state index in [1.54, 1.807) is 0 Å². The second-order valence-electron chi connectivity index (χ2n) is 7.38. The van der Waals surface area contributed by atoms with Gasteiger partial charge in [-0.25, -0.2) is 0 Å². The highest BCUT2D eigenvalue weighted by molar-refractivity contribution is 7.99. The fourth-order valence-corrected chi connectivity index (χ4v) is 4.81. The standard InChI is InChI=1S/C18H32N4O2S.2ClH/c23-17(13-16-15-25-12-5-19-16)22-10-8-20(9-11-22)14-18(24)21-6-3-1-2-4-7-21;;/h16,19H,1-15H2;2*1H. The van der Waals surface area contributed by atoms with Gasteiger partial charge in [-0.1, -0.05) is 12.8 Å². The molecular formula is C18H34Cl2N4O2S. The van der Waals surface area contributed by atoms with E-state index in [-0.39, 0.29) is 36.6 Å². The van der Waals surface area contributed by atoms with Gasteiger partial charge in [0.2, 0.25) is 11.8 Å². The molecule has 2 amide bonds. The Balaban J connectivity index is 0.00000182. The summed E-state index contributed by atoms with van der Waals surface area (Å²) in [6.45, 7) is 6.51. The molecule has 3 aliphatic rings. The maximum atomic E-state index is 12.5. The number of piperazine rings is 1. The molecule has 3 heterocycles. The molecule has 0 aromatic carbocycles. The molecule has 0 saturated carbocycles. The van der Waals surface area contributed by atoms with Gasteiger partial charge in [-0.2, -0.15) is 11.8 Å². The van der Waals surface area contributed by atoms with Crippen LogP contribution in [0.5, 0.6) is 0 Å². The molecule has 0 aromatic heterocycles. The first-order chi connectivity index (χ1) is 12.2. The number of rotatable bonds is 4. The van der Waals surface area contributed by atoms with E-state index in [1.165, 1.54) is 12.8 Å². The van der Waals surface area contributed by atoms with Crippen molar-refractivity contribution in [2.75, 3.05) is 63.9 Å². The third kappa shape index (κ3) is 7.97. The van der Waals surface area contributed by atoms with E-state index < -0.39 is 0 Å². The minimum absolute atomic E-state index is 0. The molecule has 1 N–H and O–H groups in total. The van der Waals surface area contributed by atoms with Crippen LogP contribution in [0.4, 0.5) is 0 Å². The van der Waals surface area contributed by atoms with E-state index in [0.717, 1.165) is 70.2 Å². The van der Waals surface area contributed by atoms with Gasteiger partial charge in [0.15, 0.2) is 0 Å². The third-order valence-corrected chi connectivity index (χ3v) is 6.59. The highest BCUT2D eigenvalue weighted by Crippen LogP contribution is 2.13. The van der Waals surface area contributed by atoms with Crippen molar-refractivity contribution in [3.8, 4) is 0 Å². The van der Waals surface area contributed by atoms with Crippen molar-refractivity contribution in [2.24, 2.45) is 0 Å². The molecule has 3 saturated heterocycles. The zero-order valence-corrected chi connectivity index (χ0v) is 18.5. The van der Waals surface area contributed by atoms with Crippen molar-refractivity contribution in [3.63, 3.8) is 0 Å². The topological polar surface area (TPSA) is 55.9 Å². The summed E-state index contributed by atoms with van der Waals surface area (Å²) in [6.07, 6.45) is 5.39. The maximum Gasteiger partial charge on any atom is 0.236 e. The molecular weight excluding hydrogens is 407 g/mol. The Kier molecular flexibility index (Phi) is 12.0. The number of likely N-dealkylation sites (tertiary alicyclic amines) is 1. The SMILES string of the molecule is Cl.Cl.O=C(CC1CSCCN1)N1CCN(CC(=O)N2CCCCCC2)CC1. The minimum Gasteiger partial charge on any atom is -0.342 e. The van der Waals surface area contributed by atoms with Gasteiger partial charge in [0, 0.05) is 69.8 Å². The number of nitrogens with zero attached hydrogens (tertiary/aromatic N) is 3. The molecule has 0 aromatic rings. The smallest absolute Gasteiger partial charge is 0.236 e. The predicted octanol–water partition coefficient (Wildman–Crippen LogP) is 1.47. The molecule has 0 aliphatic carbocycles. The Morgan fingerprint density at radius 1 is 0.852 bits per heavy atom. The van der Waals surface area contributed by atoms with Gasteiger partial charge in [0.1, 0.15) is 0 Å². The second kappa shape index (κ2) is 13.1. The molecule has 3 fully saturated rings. The van der Waals surface area contributed by atoms with Gasteiger partial charge >= 0.3 is 0 Å². The lowest BCUT2D eigenvalue weighted by atomic mass is 10.2. The van der Waals surface area contributed by atoms with Crippen LogP contribution in [0.15, 0.2) is 0 Å². The van der Waals surface area contributed by atoms with Crippen LogP contribution in [0.3, 0.4) is 0 Å². The number of amides is 2. The molecule has 27 heavy (non-hydrogen) atoms. The molecule has 158 valence electrons. The summed E-state index contributed by atoms with van der Waals surface area (Å²) in [7, 11) is 0. The first-order valence-electron chi connectivity index (χ1n) is 9.81. The van der Waals surface area contributed by atoms with E-state index in [4.69, 9.17) is 0 Å². The largest absolute Gasteiger partial charge is 0.342 e. The van der Waals surface area contributed by atoms with E-state index in [1.807, 2.05) is 21.6 Å². The van der Waals surface area contributed by atoms with Crippen LogP contribution in [0.1, 0.15) is 32.1 Å². The van der Waals surface area contributed by atoms with Crippen LogP contribution in [-0.4, -0.2) is 96.4 Å².